The van der Waals surface area contributed by atoms with Gasteiger partial charge in [-0.15, -0.1) is 0 Å². The zero-order valence-corrected chi connectivity index (χ0v) is 12.8. The van der Waals surface area contributed by atoms with Gasteiger partial charge in [-0.25, -0.2) is 4.39 Å². The minimum absolute atomic E-state index is 0.0286. The highest BCUT2D eigenvalue weighted by Crippen LogP contribution is 2.38. The van der Waals surface area contributed by atoms with Crippen molar-refractivity contribution >= 4 is 17.6 Å². The number of carbonyl (C=O) groups is 2. The van der Waals surface area contributed by atoms with E-state index in [-0.39, 0.29) is 18.1 Å². The van der Waals surface area contributed by atoms with E-state index in [1.165, 1.54) is 18.2 Å². The van der Waals surface area contributed by atoms with Crippen LogP contribution >= 0.6 is 0 Å². The number of aryl methyl sites for hydroxylation is 1. The third-order valence-electron chi connectivity index (χ3n) is 4.48. The molecule has 1 aromatic carbocycles. The minimum Gasteiger partial charge on any atom is -0.481 e. The summed E-state index contributed by atoms with van der Waals surface area (Å²) in [5.74, 6) is -1.57. The Morgan fingerprint density at radius 1 is 1.23 bits per heavy atom. The van der Waals surface area contributed by atoms with Gasteiger partial charge in [0, 0.05) is 12.1 Å². The molecule has 22 heavy (non-hydrogen) atoms. The van der Waals surface area contributed by atoms with E-state index in [2.05, 4.69) is 5.32 Å². The quantitative estimate of drug-likeness (QED) is 0.829. The smallest absolute Gasteiger partial charge is 0.310 e. The summed E-state index contributed by atoms with van der Waals surface area (Å²) in [6.07, 6.45) is 4.78. The van der Waals surface area contributed by atoms with Crippen molar-refractivity contribution in [2.24, 2.45) is 5.41 Å². The molecule has 2 N–H and O–H groups in total. The molecule has 0 aromatic heterocycles. The highest BCUT2D eigenvalue weighted by Gasteiger charge is 2.40. The first-order chi connectivity index (χ1) is 10.4. The molecule has 1 saturated carbocycles. The number of nitrogens with one attached hydrogen (secondary N) is 1. The lowest BCUT2D eigenvalue weighted by Crippen LogP contribution is -2.35. The molecule has 0 spiro atoms. The molecule has 5 heteroatoms. The molecule has 0 saturated heterocycles. The van der Waals surface area contributed by atoms with Crippen molar-refractivity contribution in [3.8, 4) is 0 Å². The van der Waals surface area contributed by atoms with E-state index in [1.807, 2.05) is 0 Å². The molecule has 0 bridgehead atoms. The lowest BCUT2D eigenvalue weighted by Gasteiger charge is -2.27. The maximum Gasteiger partial charge on any atom is 0.310 e. The Kier molecular flexibility index (Phi) is 5.16. The van der Waals surface area contributed by atoms with Crippen LogP contribution < -0.4 is 5.32 Å². The SMILES string of the molecule is Cc1cc(F)ccc1NC(=O)CC1(C(=O)O)CCCCCC1. The van der Waals surface area contributed by atoms with Crippen molar-refractivity contribution in [3.05, 3.63) is 29.6 Å². The fraction of sp³-hybridized carbons (Fsp3) is 0.529. The first kappa shape index (κ1) is 16.5. The fourth-order valence-electron chi connectivity index (χ4n) is 3.14. The van der Waals surface area contributed by atoms with Crippen LogP contribution in [0.25, 0.3) is 0 Å². The lowest BCUT2D eigenvalue weighted by molar-refractivity contribution is -0.152. The van der Waals surface area contributed by atoms with Gasteiger partial charge in [0.2, 0.25) is 5.91 Å². The molecule has 120 valence electrons. The molecule has 1 aliphatic carbocycles. The van der Waals surface area contributed by atoms with E-state index >= 15 is 0 Å². The van der Waals surface area contributed by atoms with E-state index < -0.39 is 11.4 Å². The second kappa shape index (κ2) is 6.90. The van der Waals surface area contributed by atoms with Gasteiger partial charge in [-0.1, -0.05) is 25.7 Å². The molecule has 0 radical (unpaired) electrons. The highest BCUT2D eigenvalue weighted by molar-refractivity contribution is 5.94. The van der Waals surface area contributed by atoms with E-state index in [1.54, 1.807) is 6.92 Å². The van der Waals surface area contributed by atoms with Crippen LogP contribution in [0.4, 0.5) is 10.1 Å². The number of hydrogen-bond donors (Lipinski definition) is 2. The molecule has 4 nitrogen and oxygen atoms in total. The molecular weight excluding hydrogens is 285 g/mol. The number of carboxylic acid groups (broad SMARTS) is 1. The normalized spacial score (nSPS) is 17.5. The van der Waals surface area contributed by atoms with E-state index in [0.717, 1.165) is 25.7 Å². The summed E-state index contributed by atoms with van der Waals surface area (Å²) in [6.45, 7) is 1.71. The van der Waals surface area contributed by atoms with Gasteiger partial charge in [-0.3, -0.25) is 9.59 Å². The second-order valence-electron chi connectivity index (χ2n) is 6.18. The number of amides is 1. The van der Waals surface area contributed by atoms with E-state index in [4.69, 9.17) is 0 Å². The van der Waals surface area contributed by atoms with E-state index in [9.17, 15) is 19.1 Å². The Hall–Kier alpha value is -1.91. The fourth-order valence-corrected chi connectivity index (χ4v) is 3.14. The van der Waals surface area contributed by atoms with Crippen molar-refractivity contribution in [1.82, 2.24) is 0 Å². The van der Waals surface area contributed by atoms with Gasteiger partial charge in [-0.2, -0.15) is 0 Å². The molecule has 0 aliphatic heterocycles. The number of halogens is 1. The molecule has 1 aromatic rings. The van der Waals surface area contributed by atoms with Crippen LogP contribution in [0.5, 0.6) is 0 Å². The topological polar surface area (TPSA) is 66.4 Å². The van der Waals surface area contributed by atoms with Crippen LogP contribution in [0, 0.1) is 18.2 Å². The summed E-state index contributed by atoms with van der Waals surface area (Å²) < 4.78 is 13.1. The lowest BCUT2D eigenvalue weighted by atomic mass is 9.77. The zero-order chi connectivity index (χ0) is 16.2. The molecule has 1 fully saturated rings. The molecule has 0 heterocycles. The number of rotatable bonds is 4. The predicted octanol–water partition coefficient (Wildman–Crippen LogP) is 3.89. The molecule has 2 rings (SSSR count). The van der Waals surface area contributed by atoms with Crippen molar-refractivity contribution in [1.29, 1.82) is 0 Å². The Balaban J connectivity index is 2.09. The monoisotopic (exact) mass is 307 g/mol. The van der Waals surface area contributed by atoms with Crippen LogP contribution in [0.3, 0.4) is 0 Å². The third-order valence-corrected chi connectivity index (χ3v) is 4.48. The van der Waals surface area contributed by atoms with Crippen LogP contribution in [-0.2, 0) is 9.59 Å². The summed E-state index contributed by atoms with van der Waals surface area (Å²) in [4.78, 5) is 24.0. The van der Waals surface area contributed by atoms with Crippen molar-refractivity contribution in [2.45, 2.75) is 51.9 Å². The summed E-state index contributed by atoms with van der Waals surface area (Å²) in [6, 6.07) is 4.12. The summed E-state index contributed by atoms with van der Waals surface area (Å²) in [5.41, 5.74) is 0.188. The predicted molar refractivity (Wildman–Crippen MR) is 82.2 cm³/mol. The van der Waals surface area contributed by atoms with Crippen LogP contribution in [-0.4, -0.2) is 17.0 Å². The zero-order valence-electron chi connectivity index (χ0n) is 12.8. The number of anilines is 1. The van der Waals surface area contributed by atoms with Gasteiger partial charge in [0.15, 0.2) is 0 Å². The Bertz CT molecular complexity index is 563. The molecular formula is C17H22FNO3. The largest absolute Gasteiger partial charge is 0.481 e. The van der Waals surface area contributed by atoms with Crippen LogP contribution in [0.2, 0.25) is 0 Å². The van der Waals surface area contributed by atoms with Crippen LogP contribution in [0.1, 0.15) is 50.5 Å². The summed E-state index contributed by atoms with van der Waals surface area (Å²) in [5, 5.41) is 12.3. The Morgan fingerprint density at radius 3 is 2.41 bits per heavy atom. The number of benzene rings is 1. The Morgan fingerprint density at radius 2 is 1.86 bits per heavy atom. The highest BCUT2D eigenvalue weighted by atomic mass is 19.1. The average Bonchev–Trinajstić information content (AvgIpc) is 2.68. The van der Waals surface area contributed by atoms with Gasteiger partial charge in [0.05, 0.1) is 5.41 Å². The molecule has 1 amide bonds. The Labute approximate surface area is 129 Å². The van der Waals surface area contributed by atoms with Gasteiger partial charge in [0.1, 0.15) is 5.82 Å². The van der Waals surface area contributed by atoms with Crippen molar-refractivity contribution < 1.29 is 19.1 Å². The average molecular weight is 307 g/mol. The maximum atomic E-state index is 13.1. The van der Waals surface area contributed by atoms with Gasteiger partial charge < -0.3 is 10.4 Å². The summed E-state index contributed by atoms with van der Waals surface area (Å²) >= 11 is 0. The van der Waals surface area contributed by atoms with Crippen molar-refractivity contribution in [3.63, 3.8) is 0 Å². The first-order valence-electron chi connectivity index (χ1n) is 7.72. The minimum atomic E-state index is -0.964. The van der Waals surface area contributed by atoms with E-state index in [0.29, 0.717) is 24.1 Å². The van der Waals surface area contributed by atoms with Gasteiger partial charge in [-0.05, 0) is 43.5 Å². The number of carbonyl (C=O) groups excluding carboxylic acids is 1. The molecule has 1 aliphatic rings. The second-order valence-corrected chi connectivity index (χ2v) is 6.18. The first-order valence-corrected chi connectivity index (χ1v) is 7.72. The standard InChI is InChI=1S/C17H22FNO3/c1-12-10-13(18)6-7-14(12)19-15(20)11-17(16(21)22)8-4-2-3-5-9-17/h6-7,10H,2-5,8-9,11H2,1H3,(H,19,20)(H,21,22). The van der Waals surface area contributed by atoms with Crippen molar-refractivity contribution in [2.75, 3.05) is 5.32 Å². The van der Waals surface area contributed by atoms with Gasteiger partial charge >= 0.3 is 5.97 Å². The third kappa shape index (κ3) is 3.84. The van der Waals surface area contributed by atoms with Gasteiger partial charge in [0.25, 0.3) is 0 Å². The number of carboxylic acids is 1. The number of aliphatic carboxylic acids is 1. The maximum absolute atomic E-state index is 13.1. The van der Waals surface area contributed by atoms with Crippen LogP contribution in [0.15, 0.2) is 18.2 Å². The number of hydrogen-bond acceptors (Lipinski definition) is 2. The molecule has 0 atom stereocenters. The summed E-state index contributed by atoms with van der Waals surface area (Å²) in [7, 11) is 0. The molecule has 0 unspecified atom stereocenters.